The molecule has 0 rings (SSSR count). The summed E-state index contributed by atoms with van der Waals surface area (Å²) < 4.78 is 0. The average molecular weight is 441 g/mol. The van der Waals surface area contributed by atoms with E-state index in [0.29, 0.717) is 25.8 Å². The van der Waals surface area contributed by atoms with Crippen LogP contribution in [0.4, 0.5) is 0 Å². The smallest absolute Gasteiger partial charge is 0.323 e. The quantitative estimate of drug-likeness (QED) is 0.196. The predicted molar refractivity (Wildman–Crippen MR) is 131 cm³/mol. The Balaban J connectivity index is 3.66. The number of likely N-dealkylation sites (N-methyl/N-ethyl adjacent to an activating group) is 1. The molecule has 1 unspecified atom stereocenters. The summed E-state index contributed by atoms with van der Waals surface area (Å²) in [5.41, 5.74) is 4.50. The van der Waals surface area contributed by atoms with Crippen molar-refractivity contribution >= 4 is 11.8 Å². The van der Waals surface area contributed by atoms with E-state index in [4.69, 9.17) is 5.73 Å². The molecular weight excluding hydrogens is 388 g/mol. The first-order chi connectivity index (χ1) is 14.7. The number of aliphatic carboxylic acids is 1. The van der Waals surface area contributed by atoms with Gasteiger partial charge in [-0.3, -0.25) is 14.5 Å². The van der Waals surface area contributed by atoms with Crippen LogP contribution in [0.3, 0.4) is 0 Å². The monoisotopic (exact) mass is 440 g/mol. The largest absolute Gasteiger partial charge is 0.480 e. The van der Waals surface area contributed by atoms with Crippen LogP contribution in [0.2, 0.25) is 0 Å². The number of hydrogen-bond donors (Lipinski definition) is 2. The van der Waals surface area contributed by atoms with Crippen LogP contribution < -0.4 is 5.73 Å². The number of carboxylic acids is 1. The summed E-state index contributed by atoms with van der Waals surface area (Å²) in [6, 6.07) is 0. The number of ketones is 1. The number of carbonyl (C=O) groups is 2. The Kier molecular flexibility index (Phi) is 18.0. The van der Waals surface area contributed by atoms with Gasteiger partial charge in [0.25, 0.3) is 0 Å². The zero-order valence-electron chi connectivity index (χ0n) is 21.1. The standard InChI is InChI=1S/C26H52N2O3/c1-23(2)18-15-13-11-9-7-5-6-8-10-12-14-16-19-24(29)22-28(4)26(3,25(30)31)20-17-21-27/h23H,5-22,27H2,1-4H3,(H,30,31). The van der Waals surface area contributed by atoms with Crippen LogP contribution in [0.15, 0.2) is 0 Å². The van der Waals surface area contributed by atoms with Crippen molar-refractivity contribution in [1.29, 1.82) is 0 Å². The molecule has 3 N–H and O–H groups in total. The molecule has 184 valence electrons. The van der Waals surface area contributed by atoms with Gasteiger partial charge in [0, 0.05) is 6.42 Å². The molecule has 0 heterocycles. The molecule has 0 aromatic heterocycles. The third kappa shape index (κ3) is 15.5. The number of Topliss-reactive ketones (excluding diaryl/α,β-unsaturated/α-hetero) is 1. The molecule has 0 bridgehead atoms. The number of rotatable bonds is 22. The normalized spacial score (nSPS) is 13.6. The number of carboxylic acid groups (broad SMARTS) is 1. The number of nitrogens with two attached hydrogens (primary N) is 1. The van der Waals surface area contributed by atoms with Gasteiger partial charge >= 0.3 is 5.97 Å². The van der Waals surface area contributed by atoms with Crippen molar-refractivity contribution in [3.05, 3.63) is 0 Å². The summed E-state index contributed by atoms with van der Waals surface area (Å²) in [6.07, 6.45) is 18.5. The molecule has 0 aliphatic carbocycles. The maximum atomic E-state index is 12.3. The van der Waals surface area contributed by atoms with Gasteiger partial charge in [0.15, 0.2) is 0 Å². The van der Waals surface area contributed by atoms with Crippen molar-refractivity contribution in [2.45, 2.75) is 129 Å². The van der Waals surface area contributed by atoms with E-state index >= 15 is 0 Å². The van der Waals surface area contributed by atoms with E-state index in [1.54, 1.807) is 18.9 Å². The van der Waals surface area contributed by atoms with Gasteiger partial charge in [0.2, 0.25) is 0 Å². The van der Waals surface area contributed by atoms with Gasteiger partial charge in [-0.2, -0.15) is 0 Å². The molecule has 0 radical (unpaired) electrons. The van der Waals surface area contributed by atoms with E-state index in [1.165, 1.54) is 70.6 Å². The van der Waals surface area contributed by atoms with Crippen molar-refractivity contribution < 1.29 is 14.7 Å². The fraction of sp³-hybridized carbons (Fsp3) is 0.923. The van der Waals surface area contributed by atoms with E-state index in [-0.39, 0.29) is 12.3 Å². The lowest BCUT2D eigenvalue weighted by Gasteiger charge is -2.34. The third-order valence-electron chi connectivity index (χ3n) is 6.57. The molecule has 5 nitrogen and oxygen atoms in total. The molecular formula is C26H52N2O3. The van der Waals surface area contributed by atoms with E-state index in [2.05, 4.69) is 13.8 Å². The first-order valence-electron chi connectivity index (χ1n) is 12.9. The van der Waals surface area contributed by atoms with Crippen molar-refractivity contribution in [2.24, 2.45) is 11.7 Å². The minimum absolute atomic E-state index is 0.135. The summed E-state index contributed by atoms with van der Waals surface area (Å²) in [5, 5.41) is 9.57. The Labute approximate surface area is 192 Å². The van der Waals surface area contributed by atoms with Gasteiger partial charge in [-0.05, 0) is 45.7 Å². The molecule has 0 aliphatic heterocycles. The number of hydrogen-bond acceptors (Lipinski definition) is 4. The molecule has 0 saturated carbocycles. The first kappa shape index (κ1) is 30.1. The lowest BCUT2D eigenvalue weighted by Crippen LogP contribution is -2.52. The summed E-state index contributed by atoms with van der Waals surface area (Å²) in [4.78, 5) is 25.6. The van der Waals surface area contributed by atoms with Gasteiger partial charge in [-0.25, -0.2) is 0 Å². The second-order valence-corrected chi connectivity index (χ2v) is 10.0. The van der Waals surface area contributed by atoms with E-state index in [9.17, 15) is 14.7 Å². The molecule has 1 atom stereocenters. The molecule has 0 fully saturated rings. The van der Waals surface area contributed by atoms with Gasteiger partial charge in [-0.1, -0.05) is 90.9 Å². The van der Waals surface area contributed by atoms with E-state index in [0.717, 1.165) is 18.8 Å². The molecule has 0 saturated heterocycles. The van der Waals surface area contributed by atoms with Crippen molar-refractivity contribution in [3.63, 3.8) is 0 Å². The first-order valence-corrected chi connectivity index (χ1v) is 12.9. The van der Waals surface area contributed by atoms with Crippen LogP contribution in [0.1, 0.15) is 124 Å². The van der Waals surface area contributed by atoms with Crippen LogP contribution >= 0.6 is 0 Å². The van der Waals surface area contributed by atoms with Gasteiger partial charge in [0.05, 0.1) is 6.54 Å². The topological polar surface area (TPSA) is 83.6 Å². The Morgan fingerprint density at radius 2 is 1.29 bits per heavy atom. The summed E-state index contributed by atoms with van der Waals surface area (Å²) in [5.74, 6) is 0.0946. The molecule has 5 heteroatoms. The van der Waals surface area contributed by atoms with Crippen LogP contribution in [-0.4, -0.2) is 47.4 Å². The summed E-state index contributed by atoms with van der Waals surface area (Å²) in [7, 11) is 1.73. The van der Waals surface area contributed by atoms with Gasteiger partial charge < -0.3 is 10.8 Å². The Hall–Kier alpha value is -0.940. The molecule has 31 heavy (non-hydrogen) atoms. The van der Waals surface area contributed by atoms with Crippen molar-refractivity contribution in [1.82, 2.24) is 4.90 Å². The molecule has 0 aliphatic rings. The molecule has 0 amide bonds. The predicted octanol–water partition coefficient (Wildman–Crippen LogP) is 6.19. The van der Waals surface area contributed by atoms with Crippen LogP contribution in [0.25, 0.3) is 0 Å². The number of nitrogens with zero attached hydrogens (tertiary/aromatic N) is 1. The zero-order valence-corrected chi connectivity index (χ0v) is 21.1. The Morgan fingerprint density at radius 1 is 0.839 bits per heavy atom. The lowest BCUT2D eigenvalue weighted by atomic mass is 9.93. The van der Waals surface area contributed by atoms with Crippen LogP contribution in [-0.2, 0) is 9.59 Å². The highest BCUT2D eigenvalue weighted by Crippen LogP contribution is 2.21. The van der Waals surface area contributed by atoms with Crippen LogP contribution in [0.5, 0.6) is 0 Å². The molecule has 0 aromatic rings. The van der Waals surface area contributed by atoms with Crippen molar-refractivity contribution in [2.75, 3.05) is 20.1 Å². The Bertz CT molecular complexity index is 468. The van der Waals surface area contributed by atoms with Gasteiger partial charge in [0.1, 0.15) is 11.3 Å². The minimum Gasteiger partial charge on any atom is -0.480 e. The number of carbonyl (C=O) groups excluding carboxylic acids is 1. The SMILES string of the molecule is CC(C)CCCCCCCCCCCCCCC(=O)CN(C)C(C)(CCCN)C(=O)O. The maximum absolute atomic E-state index is 12.3. The van der Waals surface area contributed by atoms with Crippen molar-refractivity contribution in [3.8, 4) is 0 Å². The molecule has 0 spiro atoms. The lowest BCUT2D eigenvalue weighted by molar-refractivity contribution is -0.150. The average Bonchev–Trinajstić information content (AvgIpc) is 2.71. The maximum Gasteiger partial charge on any atom is 0.323 e. The fourth-order valence-corrected chi connectivity index (χ4v) is 4.07. The zero-order chi connectivity index (χ0) is 23.5. The second-order valence-electron chi connectivity index (χ2n) is 10.0. The third-order valence-corrected chi connectivity index (χ3v) is 6.57. The fourth-order valence-electron chi connectivity index (χ4n) is 4.07. The van der Waals surface area contributed by atoms with Gasteiger partial charge in [-0.15, -0.1) is 0 Å². The highest BCUT2D eigenvalue weighted by molar-refractivity contribution is 5.83. The highest BCUT2D eigenvalue weighted by atomic mass is 16.4. The second kappa shape index (κ2) is 18.6. The highest BCUT2D eigenvalue weighted by Gasteiger charge is 2.37. The van der Waals surface area contributed by atoms with Crippen LogP contribution in [0, 0.1) is 5.92 Å². The van der Waals surface area contributed by atoms with E-state index in [1.807, 2.05) is 0 Å². The number of unbranched alkanes of at least 4 members (excludes halogenated alkanes) is 11. The Morgan fingerprint density at radius 3 is 1.71 bits per heavy atom. The van der Waals surface area contributed by atoms with E-state index < -0.39 is 11.5 Å². The minimum atomic E-state index is -1.02. The summed E-state index contributed by atoms with van der Waals surface area (Å²) in [6.45, 7) is 6.96. The summed E-state index contributed by atoms with van der Waals surface area (Å²) >= 11 is 0. The molecule has 0 aromatic carbocycles.